The first kappa shape index (κ1) is 51.2. The molecule has 0 aromatic heterocycles. The van der Waals surface area contributed by atoms with Crippen molar-refractivity contribution in [3.8, 4) is 0 Å². The molecule has 0 saturated carbocycles. The predicted molar refractivity (Wildman–Crippen MR) is 226 cm³/mol. The molecule has 0 saturated heterocycles. The number of carboxylic acids is 1. The minimum absolute atomic E-state index is 0.00229. The maximum Gasteiger partial charge on any atom is 0.306 e. The number of carbonyl (C=O) groups excluding carboxylic acids is 3. The van der Waals surface area contributed by atoms with E-state index in [1.54, 1.807) is 21.1 Å². The Morgan fingerprint density at radius 3 is 1.62 bits per heavy atom. The van der Waals surface area contributed by atoms with Crippen molar-refractivity contribution in [1.82, 2.24) is 0 Å². The number of likely N-dealkylation sites (N-methyl/N-ethyl adjacent to an activating group) is 1. The average Bonchev–Trinajstić information content (AvgIpc) is 3.14. The Hall–Kier alpha value is -3.75. The van der Waals surface area contributed by atoms with Crippen LogP contribution < -0.4 is 5.11 Å². The fraction of sp³-hybridized carbons (Fsp3) is 0.596. The molecule has 55 heavy (non-hydrogen) atoms. The summed E-state index contributed by atoms with van der Waals surface area (Å²) in [5.41, 5.74) is 0. The third kappa shape index (κ3) is 35.7. The summed E-state index contributed by atoms with van der Waals surface area (Å²) >= 11 is 0. The van der Waals surface area contributed by atoms with Gasteiger partial charge in [-0.15, -0.1) is 0 Å². The van der Waals surface area contributed by atoms with E-state index in [1.165, 1.54) is 12.8 Å². The molecule has 0 bridgehead atoms. The largest absolute Gasteiger partial charge is 0.544 e. The highest BCUT2D eigenvalue weighted by Gasteiger charge is 2.25. The van der Waals surface area contributed by atoms with E-state index in [9.17, 15) is 19.5 Å². The van der Waals surface area contributed by atoms with Crippen LogP contribution in [0.1, 0.15) is 129 Å². The van der Waals surface area contributed by atoms with Gasteiger partial charge in [-0.1, -0.05) is 130 Å². The normalized spacial score (nSPS) is 14.0. The summed E-state index contributed by atoms with van der Waals surface area (Å²) in [5.74, 6) is -1.87. The predicted octanol–water partition coefficient (Wildman–Crippen LogP) is 9.79. The second-order valence-electron chi connectivity index (χ2n) is 14.5. The first-order valence-electron chi connectivity index (χ1n) is 20.8. The van der Waals surface area contributed by atoms with Crippen molar-refractivity contribution in [3.63, 3.8) is 0 Å². The van der Waals surface area contributed by atoms with Crippen LogP contribution in [-0.2, 0) is 28.6 Å². The number of esters is 2. The van der Waals surface area contributed by atoms with Crippen molar-refractivity contribution in [2.24, 2.45) is 0 Å². The summed E-state index contributed by atoms with van der Waals surface area (Å²) in [7, 11) is 5.36. The van der Waals surface area contributed by atoms with E-state index >= 15 is 0 Å². The van der Waals surface area contributed by atoms with Crippen molar-refractivity contribution in [1.29, 1.82) is 0 Å². The van der Waals surface area contributed by atoms with E-state index < -0.39 is 18.1 Å². The fourth-order valence-electron chi connectivity index (χ4n) is 5.23. The third-order valence-electron chi connectivity index (χ3n) is 8.48. The maximum atomic E-state index is 12.7. The number of aliphatic carboxylic acids is 1. The van der Waals surface area contributed by atoms with Gasteiger partial charge in [0.15, 0.2) is 6.10 Å². The Morgan fingerprint density at radius 2 is 1.09 bits per heavy atom. The number of allylic oxidation sites excluding steroid dienone is 16. The number of nitrogens with zero attached hydrogens (tertiary/aromatic N) is 1. The van der Waals surface area contributed by atoms with Crippen molar-refractivity contribution in [2.45, 2.75) is 142 Å². The first-order chi connectivity index (χ1) is 26.6. The van der Waals surface area contributed by atoms with Crippen LogP contribution in [0.25, 0.3) is 0 Å². The zero-order valence-electron chi connectivity index (χ0n) is 35.0. The average molecular weight is 766 g/mol. The zero-order valence-corrected chi connectivity index (χ0v) is 35.0. The summed E-state index contributed by atoms with van der Waals surface area (Å²) < 4.78 is 17.0. The standard InChI is InChI=1S/C47H75NO7/c1-6-8-10-12-14-16-18-19-20-21-22-23-24-25-26-28-30-32-34-36-38-46(50)55-43(41-53-40-39-44(47(51)52)48(3,4)5)42-54-45(49)37-35-33-31-29-27-17-15-13-11-9-7-2/h8,10,13-17,19-20,22-23,25-27,30,32,43-44H,6-7,9,11-12,18,21,24,28-29,31,33-42H2,1-5H3/b10-8+,15-13+,16-14+,20-19+,23-22+,26-25+,27-17+,32-30+. The van der Waals surface area contributed by atoms with E-state index in [2.05, 4.69) is 111 Å². The molecule has 2 atom stereocenters. The highest BCUT2D eigenvalue weighted by Crippen LogP contribution is 2.10. The van der Waals surface area contributed by atoms with Crippen LogP contribution in [0.4, 0.5) is 0 Å². The lowest BCUT2D eigenvalue weighted by Gasteiger charge is -2.34. The number of ether oxygens (including phenoxy) is 3. The van der Waals surface area contributed by atoms with Crippen LogP contribution in [-0.4, -0.2) is 75.5 Å². The fourth-order valence-corrected chi connectivity index (χ4v) is 5.23. The molecular weight excluding hydrogens is 691 g/mol. The van der Waals surface area contributed by atoms with Crippen molar-refractivity contribution in [2.75, 3.05) is 41.0 Å². The summed E-state index contributed by atoms with van der Waals surface area (Å²) in [6, 6.07) is -0.745. The molecule has 0 aromatic rings. The summed E-state index contributed by atoms with van der Waals surface area (Å²) in [6.07, 6.45) is 48.7. The summed E-state index contributed by atoms with van der Waals surface area (Å²) in [6.45, 7) is 4.37. The van der Waals surface area contributed by atoms with Crippen molar-refractivity contribution < 1.29 is 38.2 Å². The number of rotatable bonds is 35. The van der Waals surface area contributed by atoms with Crippen LogP contribution >= 0.6 is 0 Å². The second-order valence-corrected chi connectivity index (χ2v) is 14.5. The molecule has 8 nitrogen and oxygen atoms in total. The van der Waals surface area contributed by atoms with Gasteiger partial charge in [0, 0.05) is 19.3 Å². The Morgan fingerprint density at radius 1 is 0.582 bits per heavy atom. The quantitative estimate of drug-likeness (QED) is 0.0208. The van der Waals surface area contributed by atoms with Crippen molar-refractivity contribution >= 4 is 17.9 Å². The summed E-state index contributed by atoms with van der Waals surface area (Å²) in [5, 5.41) is 11.6. The van der Waals surface area contributed by atoms with Gasteiger partial charge in [0.2, 0.25) is 0 Å². The zero-order chi connectivity index (χ0) is 40.7. The summed E-state index contributed by atoms with van der Waals surface area (Å²) in [4.78, 5) is 36.7. The minimum Gasteiger partial charge on any atom is -0.544 e. The van der Waals surface area contributed by atoms with Gasteiger partial charge in [0.05, 0.1) is 40.3 Å². The van der Waals surface area contributed by atoms with Gasteiger partial charge in [0.25, 0.3) is 0 Å². The van der Waals surface area contributed by atoms with Gasteiger partial charge in [-0.25, -0.2) is 0 Å². The maximum absolute atomic E-state index is 12.7. The van der Waals surface area contributed by atoms with Gasteiger partial charge in [0.1, 0.15) is 12.6 Å². The highest BCUT2D eigenvalue weighted by atomic mass is 16.6. The Labute approximate surface area is 335 Å². The van der Waals surface area contributed by atoms with Crippen LogP contribution in [0.15, 0.2) is 97.2 Å². The molecule has 0 amide bonds. The number of quaternary nitrogens is 1. The molecule has 0 heterocycles. The number of hydrogen-bond acceptors (Lipinski definition) is 7. The molecule has 8 heteroatoms. The molecule has 0 spiro atoms. The topological polar surface area (TPSA) is 102 Å². The Balaban J connectivity index is 4.53. The number of carboxylic acid groups (broad SMARTS) is 1. The van der Waals surface area contributed by atoms with Gasteiger partial charge in [-0.2, -0.15) is 0 Å². The Kier molecular flexibility index (Phi) is 34.7. The molecular formula is C47H75NO7. The number of hydrogen-bond donors (Lipinski definition) is 0. The first-order valence-corrected chi connectivity index (χ1v) is 20.8. The minimum atomic E-state index is -1.14. The van der Waals surface area contributed by atoms with E-state index in [1.807, 2.05) is 0 Å². The lowest BCUT2D eigenvalue weighted by molar-refractivity contribution is -0.889. The van der Waals surface area contributed by atoms with Gasteiger partial charge < -0.3 is 28.6 Å². The van der Waals surface area contributed by atoms with Crippen LogP contribution in [0.3, 0.4) is 0 Å². The van der Waals surface area contributed by atoms with Gasteiger partial charge in [-0.05, 0) is 77.0 Å². The highest BCUT2D eigenvalue weighted by molar-refractivity contribution is 5.70. The lowest BCUT2D eigenvalue weighted by Crippen LogP contribution is -2.55. The molecule has 0 radical (unpaired) electrons. The molecule has 0 aliphatic heterocycles. The molecule has 0 fully saturated rings. The van der Waals surface area contributed by atoms with E-state index in [4.69, 9.17) is 14.2 Å². The number of carbonyl (C=O) groups is 3. The van der Waals surface area contributed by atoms with Gasteiger partial charge >= 0.3 is 11.9 Å². The van der Waals surface area contributed by atoms with E-state index in [0.29, 0.717) is 12.8 Å². The van der Waals surface area contributed by atoms with Gasteiger partial charge in [-0.3, -0.25) is 9.59 Å². The Bertz CT molecular complexity index is 1220. The van der Waals surface area contributed by atoms with E-state index in [0.717, 1.165) is 77.0 Å². The van der Waals surface area contributed by atoms with Crippen LogP contribution in [0.5, 0.6) is 0 Å². The molecule has 0 aromatic carbocycles. The lowest BCUT2D eigenvalue weighted by atomic mass is 10.1. The smallest absolute Gasteiger partial charge is 0.306 e. The third-order valence-corrected chi connectivity index (χ3v) is 8.48. The van der Waals surface area contributed by atoms with Crippen LogP contribution in [0.2, 0.25) is 0 Å². The molecule has 0 N–H and O–H groups in total. The monoisotopic (exact) mass is 766 g/mol. The molecule has 2 unspecified atom stereocenters. The van der Waals surface area contributed by atoms with Crippen molar-refractivity contribution in [3.05, 3.63) is 97.2 Å². The second kappa shape index (κ2) is 37.2. The molecule has 0 aliphatic carbocycles. The number of unbranched alkanes of at least 4 members (excludes halogenated alkanes) is 6. The molecule has 0 rings (SSSR count). The molecule has 0 aliphatic rings. The van der Waals surface area contributed by atoms with E-state index in [-0.39, 0.29) is 49.1 Å². The SMILES string of the molecule is CC/C=C/C/C=C/C/C=C/C/C=C/C/C=C/C/C=C/CCCC(=O)OC(COCCC(C(=O)[O-])[N+](C)(C)C)COC(=O)CCCCC/C=C/C=C/CCCC. The molecule has 310 valence electrons. The van der Waals surface area contributed by atoms with Crippen LogP contribution in [0, 0.1) is 0 Å².